The third kappa shape index (κ3) is 3.42. The van der Waals surface area contributed by atoms with Gasteiger partial charge in [-0.25, -0.2) is 0 Å². The minimum absolute atomic E-state index is 0.137. The fourth-order valence-electron chi connectivity index (χ4n) is 3.57. The molecule has 114 valence electrons. The van der Waals surface area contributed by atoms with Crippen molar-refractivity contribution in [2.45, 2.75) is 59.5 Å². The Kier molecular flexibility index (Phi) is 6.22. The topological polar surface area (TPSA) is 15.3 Å². The molecule has 2 unspecified atom stereocenters. The minimum Gasteiger partial charge on any atom is -0.311 e. The third-order valence-corrected chi connectivity index (χ3v) is 4.69. The normalized spacial score (nSPS) is 16.2. The van der Waals surface area contributed by atoms with Crippen LogP contribution in [-0.2, 0) is 0 Å². The fraction of sp³-hybridized carbons (Fsp3) is 0.667. The van der Waals surface area contributed by atoms with Crippen LogP contribution in [0.15, 0.2) is 18.2 Å². The van der Waals surface area contributed by atoms with Crippen LogP contribution in [0.4, 0.5) is 0 Å². The van der Waals surface area contributed by atoms with Gasteiger partial charge in [0.05, 0.1) is 6.04 Å². The Morgan fingerprint density at radius 1 is 1.05 bits per heavy atom. The van der Waals surface area contributed by atoms with E-state index in [1.54, 1.807) is 0 Å². The van der Waals surface area contributed by atoms with Crippen LogP contribution < -0.4 is 5.32 Å². The molecule has 2 atom stereocenters. The average Bonchev–Trinajstić information content (AvgIpc) is 2.39. The van der Waals surface area contributed by atoms with E-state index >= 15 is 0 Å². The second-order valence-electron chi connectivity index (χ2n) is 6.03. The van der Waals surface area contributed by atoms with E-state index in [4.69, 9.17) is 0 Å². The first-order chi connectivity index (χ1) is 9.42. The molecule has 0 spiro atoms. The summed E-state index contributed by atoms with van der Waals surface area (Å²) in [5.74, 6) is 0. The molecule has 2 heteroatoms. The number of nitrogens with one attached hydrogen (secondary N) is 1. The fourth-order valence-corrected chi connectivity index (χ4v) is 3.57. The van der Waals surface area contributed by atoms with Crippen molar-refractivity contribution in [2.24, 2.45) is 0 Å². The van der Waals surface area contributed by atoms with Gasteiger partial charge in [0.15, 0.2) is 0 Å². The van der Waals surface area contributed by atoms with Crippen molar-refractivity contribution < 1.29 is 0 Å². The Balaban J connectivity index is 3.27. The molecule has 1 rings (SSSR count). The summed E-state index contributed by atoms with van der Waals surface area (Å²) >= 11 is 0. The highest BCUT2D eigenvalue weighted by Crippen LogP contribution is 2.34. The molecule has 0 heterocycles. The van der Waals surface area contributed by atoms with Crippen molar-refractivity contribution in [3.63, 3.8) is 0 Å². The predicted molar refractivity (Wildman–Crippen MR) is 89.3 cm³/mol. The van der Waals surface area contributed by atoms with Crippen LogP contribution in [0.3, 0.4) is 0 Å². The highest BCUT2D eigenvalue weighted by atomic mass is 15.2. The second-order valence-corrected chi connectivity index (χ2v) is 6.03. The van der Waals surface area contributed by atoms with E-state index in [0.717, 1.165) is 19.5 Å². The van der Waals surface area contributed by atoms with Gasteiger partial charge in [-0.2, -0.15) is 0 Å². The zero-order valence-electron chi connectivity index (χ0n) is 14.4. The number of rotatable bonds is 7. The number of likely N-dealkylation sites (N-methyl/N-ethyl adjacent to an activating group) is 2. The lowest BCUT2D eigenvalue weighted by Gasteiger charge is -2.46. The number of benzene rings is 1. The molecule has 0 aliphatic heterocycles. The van der Waals surface area contributed by atoms with Crippen LogP contribution in [0.1, 0.15) is 56.8 Å². The van der Waals surface area contributed by atoms with Crippen molar-refractivity contribution in [3.8, 4) is 0 Å². The summed E-state index contributed by atoms with van der Waals surface area (Å²) in [5, 5.41) is 3.57. The quantitative estimate of drug-likeness (QED) is 0.807. The molecule has 0 fully saturated rings. The van der Waals surface area contributed by atoms with Crippen LogP contribution in [0.5, 0.6) is 0 Å². The van der Waals surface area contributed by atoms with Crippen LogP contribution in [0, 0.1) is 13.8 Å². The number of nitrogens with zero attached hydrogens (tertiary/aromatic N) is 1. The van der Waals surface area contributed by atoms with Crippen LogP contribution in [-0.4, -0.2) is 30.6 Å². The van der Waals surface area contributed by atoms with Gasteiger partial charge in [-0.05, 0) is 52.9 Å². The van der Waals surface area contributed by atoms with Crippen molar-refractivity contribution in [3.05, 3.63) is 34.9 Å². The van der Waals surface area contributed by atoms with Crippen LogP contribution >= 0.6 is 0 Å². The van der Waals surface area contributed by atoms with E-state index < -0.39 is 0 Å². The van der Waals surface area contributed by atoms with E-state index in [-0.39, 0.29) is 5.54 Å². The molecule has 0 bridgehead atoms. The average molecular weight is 276 g/mol. The number of hydrogen-bond donors (Lipinski definition) is 1. The van der Waals surface area contributed by atoms with Gasteiger partial charge in [-0.15, -0.1) is 0 Å². The van der Waals surface area contributed by atoms with E-state index in [9.17, 15) is 0 Å². The Morgan fingerprint density at radius 2 is 1.55 bits per heavy atom. The van der Waals surface area contributed by atoms with Gasteiger partial charge < -0.3 is 5.32 Å². The van der Waals surface area contributed by atoms with E-state index in [0.29, 0.717) is 6.04 Å². The van der Waals surface area contributed by atoms with E-state index in [2.05, 4.69) is 77.0 Å². The lowest BCUT2D eigenvalue weighted by molar-refractivity contribution is 0.0728. The maximum absolute atomic E-state index is 3.57. The molecule has 0 radical (unpaired) electrons. The van der Waals surface area contributed by atoms with Crippen molar-refractivity contribution in [1.82, 2.24) is 10.2 Å². The Bertz CT molecular complexity index is 403. The number of aryl methyl sites for hydroxylation is 2. The largest absolute Gasteiger partial charge is 0.311 e. The summed E-state index contributed by atoms with van der Waals surface area (Å²) in [6.45, 7) is 15.7. The first-order valence-corrected chi connectivity index (χ1v) is 7.93. The van der Waals surface area contributed by atoms with Crippen LogP contribution in [0.2, 0.25) is 0 Å². The minimum atomic E-state index is 0.137. The number of hydrogen-bond acceptors (Lipinski definition) is 2. The Labute approximate surface area is 125 Å². The van der Waals surface area contributed by atoms with Crippen molar-refractivity contribution in [2.75, 3.05) is 20.1 Å². The second kappa shape index (κ2) is 7.24. The lowest BCUT2D eigenvalue weighted by atomic mass is 9.82. The van der Waals surface area contributed by atoms with E-state index in [1.807, 2.05) is 0 Å². The zero-order valence-corrected chi connectivity index (χ0v) is 14.4. The predicted octanol–water partition coefficient (Wildman–Crippen LogP) is 4.07. The van der Waals surface area contributed by atoms with Crippen molar-refractivity contribution >= 4 is 0 Å². The summed E-state index contributed by atoms with van der Waals surface area (Å²) in [6.07, 6.45) is 1.13. The molecule has 0 saturated heterocycles. The first-order valence-electron chi connectivity index (χ1n) is 7.93. The standard InChI is InChI=1S/C18H32N2/c1-8-18(6,20(9-2)10-3)17(19-7)16-12-14(4)11-15(5)13-16/h11-13,17,19H,8-10H2,1-7H3. The molecule has 20 heavy (non-hydrogen) atoms. The summed E-state index contributed by atoms with van der Waals surface area (Å²) in [5.41, 5.74) is 4.23. The van der Waals surface area contributed by atoms with Gasteiger partial charge in [0, 0.05) is 5.54 Å². The summed E-state index contributed by atoms with van der Waals surface area (Å²) < 4.78 is 0. The van der Waals surface area contributed by atoms with Crippen LogP contribution in [0.25, 0.3) is 0 Å². The third-order valence-electron chi connectivity index (χ3n) is 4.69. The summed E-state index contributed by atoms with van der Waals surface area (Å²) in [7, 11) is 2.08. The molecule has 0 aliphatic carbocycles. The lowest BCUT2D eigenvalue weighted by Crippen LogP contribution is -2.53. The molecule has 0 amide bonds. The van der Waals surface area contributed by atoms with Gasteiger partial charge in [-0.3, -0.25) is 4.90 Å². The van der Waals surface area contributed by atoms with Gasteiger partial charge >= 0.3 is 0 Å². The highest BCUT2D eigenvalue weighted by Gasteiger charge is 2.37. The van der Waals surface area contributed by atoms with Gasteiger partial charge in [0.1, 0.15) is 0 Å². The molecular formula is C18H32N2. The smallest absolute Gasteiger partial charge is 0.0502 e. The van der Waals surface area contributed by atoms with Gasteiger partial charge in [0.25, 0.3) is 0 Å². The molecular weight excluding hydrogens is 244 g/mol. The molecule has 2 nitrogen and oxygen atoms in total. The molecule has 0 aliphatic rings. The van der Waals surface area contributed by atoms with E-state index in [1.165, 1.54) is 16.7 Å². The molecule has 1 aromatic rings. The molecule has 0 aromatic heterocycles. The Hall–Kier alpha value is -0.860. The van der Waals surface area contributed by atoms with Gasteiger partial charge in [0.2, 0.25) is 0 Å². The molecule has 0 saturated carbocycles. The van der Waals surface area contributed by atoms with Gasteiger partial charge in [-0.1, -0.05) is 50.1 Å². The maximum atomic E-state index is 3.57. The highest BCUT2D eigenvalue weighted by molar-refractivity contribution is 5.32. The SMILES string of the molecule is CCN(CC)C(C)(CC)C(NC)c1cc(C)cc(C)c1. The summed E-state index contributed by atoms with van der Waals surface area (Å²) in [4.78, 5) is 2.58. The Morgan fingerprint density at radius 3 is 1.90 bits per heavy atom. The first kappa shape index (κ1) is 17.2. The molecule has 1 N–H and O–H groups in total. The molecule has 1 aromatic carbocycles. The zero-order chi connectivity index (χ0) is 15.3. The van der Waals surface area contributed by atoms with Crippen molar-refractivity contribution in [1.29, 1.82) is 0 Å². The monoisotopic (exact) mass is 276 g/mol. The maximum Gasteiger partial charge on any atom is 0.0502 e. The summed E-state index contributed by atoms with van der Waals surface area (Å²) in [6, 6.07) is 7.25.